The number of unbranched alkanes of at least 4 members (excludes halogenated alkanes) is 3. The van der Waals surface area contributed by atoms with E-state index in [0.29, 0.717) is 24.3 Å². The van der Waals surface area contributed by atoms with Crippen LogP contribution >= 0.6 is 0 Å². The molecule has 0 amide bonds. The summed E-state index contributed by atoms with van der Waals surface area (Å²) in [5.74, 6) is 0.796. The molecule has 2 N–H and O–H groups in total. The lowest BCUT2D eigenvalue weighted by Crippen LogP contribution is -2.18. The van der Waals surface area contributed by atoms with Gasteiger partial charge in [0.15, 0.2) is 0 Å². The van der Waals surface area contributed by atoms with Gasteiger partial charge >= 0.3 is 0 Å². The summed E-state index contributed by atoms with van der Waals surface area (Å²) in [6.07, 6.45) is 9.29. The number of ether oxygens (including phenoxy) is 2. The number of aryl methyl sites for hydroxylation is 2. The molecule has 6 nitrogen and oxygen atoms in total. The van der Waals surface area contributed by atoms with Crippen LogP contribution in [0.25, 0.3) is 0 Å². The Morgan fingerprint density at radius 2 is 0.750 bits per heavy atom. The molecular weight excluding hydrogens is 600 g/mol. The van der Waals surface area contributed by atoms with Crippen molar-refractivity contribution < 1.29 is 29.3 Å². The standard InChI is InChI=1S/2C17H26O2.C8H18O2/c2*1-16(2,3)13-10-12(8-7-9-18)11-14(15(13)19)17(4,5)6;1-9-7-5-3-4-6-8-10-2/h2*9-11,19H,7-8H2,1-6H3;3-8H2,1-2H3. The Labute approximate surface area is 294 Å². The number of aromatic hydroxyl groups is 2. The molecule has 2 aromatic rings. The second kappa shape index (κ2) is 20.7. The topological polar surface area (TPSA) is 93.1 Å². The Morgan fingerprint density at radius 1 is 0.500 bits per heavy atom. The number of carbonyl (C=O) groups excluding carboxylic acids is 2. The van der Waals surface area contributed by atoms with Crippen LogP contribution in [0.4, 0.5) is 0 Å². The van der Waals surface area contributed by atoms with Crippen molar-refractivity contribution in [1.29, 1.82) is 0 Å². The SMILES string of the molecule is CC(C)(C)c1cc(CCC=O)cc(C(C)(C)C)c1O.CC(C)(C)c1cc(CCC=O)cc(C(C)(C)C)c1O.COCCCCCCOC. The summed E-state index contributed by atoms with van der Waals surface area (Å²) in [4.78, 5) is 21.1. The maximum absolute atomic E-state index is 10.6. The van der Waals surface area contributed by atoms with Gasteiger partial charge in [-0.15, -0.1) is 0 Å². The molecule has 2 aromatic carbocycles. The predicted octanol–water partition coefficient (Wildman–Crippen LogP) is 10.1. The Balaban J connectivity index is 0.000000727. The Morgan fingerprint density at radius 3 is 0.938 bits per heavy atom. The summed E-state index contributed by atoms with van der Waals surface area (Å²) in [7, 11) is 3.49. The molecule has 0 aromatic heterocycles. The van der Waals surface area contributed by atoms with Crippen molar-refractivity contribution >= 4 is 12.6 Å². The zero-order chi connectivity index (χ0) is 37.3. The van der Waals surface area contributed by atoms with Crippen molar-refractivity contribution in [3.63, 3.8) is 0 Å². The number of methoxy groups -OCH3 is 2. The highest BCUT2D eigenvalue weighted by Crippen LogP contribution is 2.41. The molecule has 0 spiro atoms. The monoisotopic (exact) mass is 671 g/mol. The third-order valence-corrected chi connectivity index (χ3v) is 8.12. The lowest BCUT2D eigenvalue weighted by atomic mass is 9.78. The van der Waals surface area contributed by atoms with E-state index in [0.717, 1.165) is 72.0 Å². The van der Waals surface area contributed by atoms with Gasteiger partial charge in [-0.3, -0.25) is 0 Å². The van der Waals surface area contributed by atoms with Gasteiger partial charge in [0.25, 0.3) is 0 Å². The predicted molar refractivity (Wildman–Crippen MR) is 202 cm³/mol. The number of hydrogen-bond acceptors (Lipinski definition) is 6. The molecule has 0 saturated carbocycles. The molecule has 0 saturated heterocycles. The highest BCUT2D eigenvalue weighted by Gasteiger charge is 2.27. The van der Waals surface area contributed by atoms with E-state index in [9.17, 15) is 19.8 Å². The lowest BCUT2D eigenvalue weighted by Gasteiger charge is -2.28. The number of phenolic OH excluding ortho intramolecular Hbond substituents is 2. The van der Waals surface area contributed by atoms with Gasteiger partial charge in [0.1, 0.15) is 24.1 Å². The molecule has 48 heavy (non-hydrogen) atoms. The van der Waals surface area contributed by atoms with Gasteiger partial charge in [-0.2, -0.15) is 0 Å². The first-order valence-electron chi connectivity index (χ1n) is 17.6. The molecule has 0 atom stereocenters. The van der Waals surface area contributed by atoms with Crippen LogP contribution < -0.4 is 0 Å². The van der Waals surface area contributed by atoms with E-state index < -0.39 is 0 Å². The average molecular weight is 671 g/mol. The van der Waals surface area contributed by atoms with Gasteiger partial charge in [-0.1, -0.05) is 120 Å². The summed E-state index contributed by atoms with van der Waals surface area (Å²) in [6, 6.07) is 8.14. The van der Waals surface area contributed by atoms with E-state index in [1.54, 1.807) is 14.2 Å². The fourth-order valence-electron chi connectivity index (χ4n) is 5.26. The zero-order valence-electron chi connectivity index (χ0n) is 33.1. The number of hydrogen-bond donors (Lipinski definition) is 2. The van der Waals surface area contributed by atoms with Gasteiger partial charge in [-0.05, 0) is 80.7 Å². The fraction of sp³-hybridized carbons (Fsp3) is 0.667. The molecule has 0 bridgehead atoms. The smallest absolute Gasteiger partial charge is 0.123 e. The van der Waals surface area contributed by atoms with Crippen LogP contribution in [-0.2, 0) is 53.6 Å². The zero-order valence-corrected chi connectivity index (χ0v) is 33.1. The van der Waals surface area contributed by atoms with E-state index in [2.05, 4.69) is 83.1 Å². The van der Waals surface area contributed by atoms with Gasteiger partial charge in [0.2, 0.25) is 0 Å². The van der Waals surface area contributed by atoms with Crippen LogP contribution in [0, 0.1) is 0 Å². The van der Waals surface area contributed by atoms with Crippen LogP contribution in [0.2, 0.25) is 0 Å². The minimum atomic E-state index is -0.110. The Hall–Kier alpha value is -2.70. The fourth-order valence-corrected chi connectivity index (χ4v) is 5.26. The average Bonchev–Trinajstić information content (AvgIpc) is 2.96. The van der Waals surface area contributed by atoms with Crippen LogP contribution in [0.15, 0.2) is 24.3 Å². The highest BCUT2D eigenvalue weighted by molar-refractivity contribution is 5.54. The molecule has 0 unspecified atom stereocenters. The van der Waals surface area contributed by atoms with Crippen LogP contribution in [-0.4, -0.2) is 50.2 Å². The number of carbonyl (C=O) groups is 2. The number of benzene rings is 2. The molecule has 0 radical (unpaired) electrons. The largest absolute Gasteiger partial charge is 0.507 e. The Bertz CT molecular complexity index is 1070. The van der Waals surface area contributed by atoms with Crippen LogP contribution in [0.3, 0.4) is 0 Å². The van der Waals surface area contributed by atoms with Gasteiger partial charge < -0.3 is 29.3 Å². The number of phenols is 2. The number of aldehydes is 2. The quantitative estimate of drug-likeness (QED) is 0.163. The van der Waals surface area contributed by atoms with Crippen LogP contribution in [0.5, 0.6) is 11.5 Å². The van der Waals surface area contributed by atoms with Crippen molar-refractivity contribution in [2.45, 2.75) is 156 Å². The minimum Gasteiger partial charge on any atom is -0.507 e. The highest BCUT2D eigenvalue weighted by atomic mass is 16.5. The molecule has 0 aliphatic rings. The Kier molecular flexibility index (Phi) is 19.6. The third kappa shape index (κ3) is 16.6. The van der Waals surface area contributed by atoms with Gasteiger partial charge in [-0.25, -0.2) is 0 Å². The summed E-state index contributed by atoms with van der Waals surface area (Å²) < 4.78 is 9.83. The molecule has 0 aliphatic carbocycles. The third-order valence-electron chi connectivity index (χ3n) is 8.12. The molecule has 2 rings (SSSR count). The van der Waals surface area contributed by atoms with E-state index in [1.165, 1.54) is 25.7 Å². The first kappa shape index (κ1) is 45.3. The molecule has 6 heteroatoms. The van der Waals surface area contributed by atoms with E-state index in [4.69, 9.17) is 9.47 Å². The summed E-state index contributed by atoms with van der Waals surface area (Å²) in [5, 5.41) is 21.1. The van der Waals surface area contributed by atoms with Crippen molar-refractivity contribution in [3.8, 4) is 11.5 Å². The van der Waals surface area contributed by atoms with Gasteiger partial charge in [0.05, 0.1) is 0 Å². The maximum atomic E-state index is 10.6. The first-order chi connectivity index (χ1) is 22.1. The molecule has 274 valence electrons. The normalized spacial score (nSPS) is 12.0. The second-order valence-corrected chi connectivity index (χ2v) is 16.9. The summed E-state index contributed by atoms with van der Waals surface area (Å²) >= 11 is 0. The molecule has 0 heterocycles. The molecule has 0 aliphatic heterocycles. The summed E-state index contributed by atoms with van der Waals surface area (Å²) in [6.45, 7) is 26.9. The maximum Gasteiger partial charge on any atom is 0.123 e. The van der Waals surface area contributed by atoms with Crippen molar-refractivity contribution in [3.05, 3.63) is 57.6 Å². The number of rotatable bonds is 13. The molecular formula is C42H70O6. The molecule has 0 fully saturated rings. The van der Waals surface area contributed by atoms with Gasteiger partial charge in [0, 0.05) is 40.3 Å². The van der Waals surface area contributed by atoms with Crippen molar-refractivity contribution in [2.75, 3.05) is 27.4 Å². The van der Waals surface area contributed by atoms with E-state index in [-0.39, 0.29) is 21.7 Å². The first-order valence-corrected chi connectivity index (χ1v) is 17.6. The van der Waals surface area contributed by atoms with Crippen molar-refractivity contribution in [1.82, 2.24) is 0 Å². The lowest BCUT2D eigenvalue weighted by molar-refractivity contribution is -0.108. The summed E-state index contributed by atoms with van der Waals surface area (Å²) in [5.41, 5.74) is 5.65. The minimum absolute atomic E-state index is 0.110. The second-order valence-electron chi connectivity index (χ2n) is 16.9. The van der Waals surface area contributed by atoms with E-state index in [1.807, 2.05) is 24.3 Å². The van der Waals surface area contributed by atoms with Crippen molar-refractivity contribution in [2.24, 2.45) is 0 Å². The van der Waals surface area contributed by atoms with Crippen LogP contribution in [0.1, 0.15) is 155 Å². The van der Waals surface area contributed by atoms with E-state index >= 15 is 0 Å².